The van der Waals surface area contributed by atoms with Crippen LogP contribution in [0.5, 0.6) is 0 Å². The van der Waals surface area contributed by atoms with Gasteiger partial charge in [-0.25, -0.2) is 0 Å². The van der Waals surface area contributed by atoms with Crippen molar-refractivity contribution < 1.29 is 9.59 Å². The predicted molar refractivity (Wildman–Crippen MR) is 199 cm³/mol. The lowest BCUT2D eigenvalue weighted by Crippen LogP contribution is -2.31. The topological polar surface area (TPSA) is 63.2 Å². The van der Waals surface area contributed by atoms with E-state index in [1.54, 1.807) is 22.7 Å². The molecule has 1 atom stereocenters. The van der Waals surface area contributed by atoms with Crippen molar-refractivity contribution in [2.75, 3.05) is 6.54 Å². The number of unbranched alkanes of at least 4 members (excludes halogenated alkanes) is 9. The molecule has 0 spiro atoms. The highest BCUT2D eigenvalue weighted by atomic mass is 79.9. The molecule has 0 N–H and O–H groups in total. The van der Waals surface area contributed by atoms with E-state index in [0.717, 1.165) is 58.9 Å². The van der Waals surface area contributed by atoms with Crippen LogP contribution in [0, 0.1) is 5.92 Å². The molecule has 4 aromatic rings. The Bertz CT molecular complexity index is 1500. The zero-order chi connectivity index (χ0) is 31.8. The minimum Gasteiger partial charge on any atom is -0.274 e. The summed E-state index contributed by atoms with van der Waals surface area (Å²) in [5, 5.41) is 0. The van der Waals surface area contributed by atoms with Gasteiger partial charge in [-0.1, -0.05) is 104 Å². The van der Waals surface area contributed by atoms with Crippen LogP contribution in [-0.2, 0) is 0 Å². The van der Waals surface area contributed by atoms with Crippen molar-refractivity contribution >= 4 is 89.1 Å². The molecule has 5 nitrogen and oxygen atoms in total. The van der Waals surface area contributed by atoms with Crippen molar-refractivity contribution in [2.24, 2.45) is 5.92 Å². The number of amides is 2. The maximum absolute atomic E-state index is 14.2. The van der Waals surface area contributed by atoms with Crippen LogP contribution in [0.25, 0.3) is 31.9 Å². The Hall–Kier alpha value is -1.46. The van der Waals surface area contributed by atoms with Gasteiger partial charge in [0.25, 0.3) is 11.8 Å². The Morgan fingerprint density at radius 3 is 1.53 bits per heavy atom. The Kier molecular flexibility index (Phi) is 13.2. The molecule has 1 aliphatic rings. The number of aromatic nitrogens is 2. The number of imide groups is 1. The molecule has 1 unspecified atom stereocenters. The Labute approximate surface area is 296 Å². The Balaban J connectivity index is 1.33. The van der Waals surface area contributed by atoms with E-state index in [0.29, 0.717) is 28.7 Å². The number of halogens is 2. The van der Waals surface area contributed by atoms with Gasteiger partial charge in [0.1, 0.15) is 11.0 Å². The molecular formula is C35H43Br2N3O2S3. The second kappa shape index (κ2) is 17.1. The molecular weight excluding hydrogens is 750 g/mol. The molecule has 0 aliphatic carbocycles. The van der Waals surface area contributed by atoms with E-state index in [1.807, 2.05) is 24.3 Å². The number of benzene rings is 1. The Morgan fingerprint density at radius 2 is 1.07 bits per heavy atom. The number of carbonyl (C=O) groups is 2. The van der Waals surface area contributed by atoms with E-state index in [4.69, 9.17) is 0 Å². The number of hydrogen-bond donors (Lipinski definition) is 0. The van der Waals surface area contributed by atoms with E-state index in [2.05, 4.69) is 54.5 Å². The second-order valence-corrected chi connectivity index (χ2v) is 17.7. The van der Waals surface area contributed by atoms with Gasteiger partial charge in [-0.15, -0.1) is 22.7 Å². The van der Waals surface area contributed by atoms with Crippen LogP contribution in [0.15, 0.2) is 31.8 Å². The van der Waals surface area contributed by atoms with Crippen molar-refractivity contribution in [1.82, 2.24) is 13.6 Å². The van der Waals surface area contributed by atoms with Crippen LogP contribution in [0.2, 0.25) is 0 Å². The van der Waals surface area contributed by atoms with Crippen LogP contribution >= 0.6 is 66.3 Å². The van der Waals surface area contributed by atoms with E-state index in [9.17, 15) is 9.59 Å². The number of nitrogens with zero attached hydrogens (tertiary/aromatic N) is 3. The fourth-order valence-electron chi connectivity index (χ4n) is 6.58. The van der Waals surface area contributed by atoms with E-state index in [-0.39, 0.29) is 11.8 Å². The highest BCUT2D eigenvalue weighted by Crippen LogP contribution is 2.48. The molecule has 0 saturated carbocycles. The van der Waals surface area contributed by atoms with Crippen LogP contribution in [-0.4, -0.2) is 32.0 Å². The molecule has 5 rings (SSSR count). The molecule has 0 radical (unpaired) electrons. The molecule has 2 amide bonds. The first-order valence-electron chi connectivity index (χ1n) is 16.6. The lowest BCUT2D eigenvalue weighted by molar-refractivity contribution is 0.0651. The number of hydrogen-bond acceptors (Lipinski definition) is 7. The molecule has 1 aliphatic heterocycles. The molecule has 4 heterocycles. The summed E-state index contributed by atoms with van der Waals surface area (Å²) in [6.45, 7) is 4.99. The quantitative estimate of drug-likeness (QED) is 0.0701. The minimum absolute atomic E-state index is 0.204. The molecule has 10 heteroatoms. The summed E-state index contributed by atoms with van der Waals surface area (Å²) >= 11 is 11.4. The normalized spacial score (nSPS) is 13.8. The number of carbonyl (C=O) groups excluding carboxylic acids is 2. The summed E-state index contributed by atoms with van der Waals surface area (Å²) in [6, 6.07) is 7.95. The average molecular weight is 794 g/mol. The highest BCUT2D eigenvalue weighted by molar-refractivity contribution is 9.11. The van der Waals surface area contributed by atoms with Gasteiger partial charge in [-0.2, -0.15) is 8.75 Å². The maximum atomic E-state index is 14.2. The van der Waals surface area contributed by atoms with Crippen LogP contribution < -0.4 is 0 Å². The lowest BCUT2D eigenvalue weighted by atomic mass is 9.90. The molecule has 45 heavy (non-hydrogen) atoms. The van der Waals surface area contributed by atoms with Crippen molar-refractivity contribution in [3.63, 3.8) is 0 Å². The SMILES string of the molecule is CCCCCCCCC(CCCCCC)CCCCN1C(=O)c2c(c(-c3ccc(Br)s3)c3nsnc3c2-c2ccc(Br)s2)C1=O. The summed E-state index contributed by atoms with van der Waals surface area (Å²) in [7, 11) is 0. The highest BCUT2D eigenvalue weighted by Gasteiger charge is 2.42. The zero-order valence-corrected chi connectivity index (χ0v) is 32.0. The number of fused-ring (bicyclic) bond motifs is 2. The fraction of sp³-hybridized carbons (Fsp3) is 0.543. The smallest absolute Gasteiger partial charge is 0.262 e. The third-order valence-electron chi connectivity index (χ3n) is 8.95. The summed E-state index contributed by atoms with van der Waals surface area (Å²) < 4.78 is 11.3. The van der Waals surface area contributed by atoms with E-state index < -0.39 is 0 Å². The third kappa shape index (κ3) is 8.34. The second-order valence-electron chi connectivity index (χ2n) is 12.2. The molecule has 1 aromatic carbocycles. The largest absolute Gasteiger partial charge is 0.274 e. The first-order valence-corrected chi connectivity index (χ1v) is 20.6. The first kappa shape index (κ1) is 34.9. The summed E-state index contributed by atoms with van der Waals surface area (Å²) in [4.78, 5) is 31.7. The molecule has 0 bridgehead atoms. The standard InChI is InChI=1S/C35H43Br2N3O2S3/c1-3-5-7-9-10-12-16-23(15-11-8-6-4-2)17-13-14-22-40-34(41)30-28(24-18-20-26(36)43-24)32-33(39-45-38-32)29(31(30)35(40)42)25-19-21-27(37)44-25/h18-21,23H,3-17,22H2,1-2H3. The van der Waals surface area contributed by atoms with Crippen molar-refractivity contribution in [1.29, 1.82) is 0 Å². The fourth-order valence-corrected chi connectivity index (χ4v) is 10.0. The summed E-state index contributed by atoms with van der Waals surface area (Å²) in [5.41, 5.74) is 3.80. The number of rotatable bonds is 19. The van der Waals surface area contributed by atoms with Crippen LogP contribution in [0.1, 0.15) is 131 Å². The molecule has 3 aromatic heterocycles. The van der Waals surface area contributed by atoms with E-state index in [1.165, 1.54) is 88.4 Å². The van der Waals surface area contributed by atoms with Crippen molar-refractivity contribution in [3.8, 4) is 20.9 Å². The van der Waals surface area contributed by atoms with Gasteiger partial charge in [0.2, 0.25) is 0 Å². The zero-order valence-electron chi connectivity index (χ0n) is 26.3. The van der Waals surface area contributed by atoms with E-state index >= 15 is 0 Å². The maximum Gasteiger partial charge on any atom is 0.262 e. The minimum atomic E-state index is -0.204. The first-order chi connectivity index (χ1) is 21.9. The lowest BCUT2D eigenvalue weighted by Gasteiger charge is -2.18. The average Bonchev–Trinajstić information content (AvgIpc) is 3.83. The van der Waals surface area contributed by atoms with Gasteiger partial charge >= 0.3 is 0 Å². The third-order valence-corrected chi connectivity index (χ3v) is 12.8. The molecule has 242 valence electrons. The van der Waals surface area contributed by atoms with Gasteiger partial charge in [-0.05, 0) is 68.5 Å². The van der Waals surface area contributed by atoms with Gasteiger partial charge < -0.3 is 0 Å². The number of thiophene rings is 2. The van der Waals surface area contributed by atoms with Crippen molar-refractivity contribution in [3.05, 3.63) is 43.0 Å². The molecule has 0 saturated heterocycles. The van der Waals surface area contributed by atoms with Crippen LogP contribution in [0.3, 0.4) is 0 Å². The monoisotopic (exact) mass is 791 g/mol. The van der Waals surface area contributed by atoms with Crippen LogP contribution in [0.4, 0.5) is 0 Å². The summed E-state index contributed by atoms with van der Waals surface area (Å²) in [5.74, 6) is 0.334. The summed E-state index contributed by atoms with van der Waals surface area (Å²) in [6.07, 6.45) is 18.9. The van der Waals surface area contributed by atoms with Crippen molar-refractivity contribution in [2.45, 2.75) is 110 Å². The van der Waals surface area contributed by atoms with Gasteiger partial charge in [0.15, 0.2) is 0 Å². The molecule has 0 fully saturated rings. The van der Waals surface area contributed by atoms with Gasteiger partial charge in [0, 0.05) is 27.4 Å². The van der Waals surface area contributed by atoms with Gasteiger partial charge in [0.05, 0.1) is 30.4 Å². The predicted octanol–water partition coefficient (Wildman–Crippen LogP) is 12.8. The van der Waals surface area contributed by atoms with Gasteiger partial charge in [-0.3, -0.25) is 14.5 Å². The Morgan fingerprint density at radius 1 is 0.622 bits per heavy atom.